The summed E-state index contributed by atoms with van der Waals surface area (Å²) in [5.41, 5.74) is 2.40. The molecule has 2 aromatic carbocycles. The summed E-state index contributed by atoms with van der Waals surface area (Å²) in [4.78, 5) is 56.2. The lowest BCUT2D eigenvalue weighted by atomic mass is 9.92. The third-order valence-electron chi connectivity index (χ3n) is 11.1. The van der Waals surface area contributed by atoms with E-state index >= 15 is 8.78 Å². The second-order valence-corrected chi connectivity index (χ2v) is 15.1. The Morgan fingerprint density at radius 1 is 1.03 bits per heavy atom. The monoisotopic (exact) mass is 797 g/mol. The molecule has 58 heavy (non-hydrogen) atoms. The number of nitrogens with one attached hydrogen (secondary N) is 3. The molecule has 3 aromatic heterocycles. The van der Waals surface area contributed by atoms with Crippen molar-refractivity contribution in [2.45, 2.75) is 39.0 Å². The molecule has 3 amide bonds. The quantitative estimate of drug-likeness (QED) is 0.0807. The molecule has 2 saturated heterocycles. The Morgan fingerprint density at radius 3 is 2.55 bits per heavy atom. The number of nitrogens with zero attached hydrogens (tertiary/aromatic N) is 7. The molecule has 0 saturated carbocycles. The molecular weight excluding hydrogens is 751 g/mol. The molecule has 0 radical (unpaired) electrons. The number of benzene rings is 2. The molecule has 5 heterocycles. The lowest BCUT2D eigenvalue weighted by Gasteiger charge is -2.42. The van der Waals surface area contributed by atoms with Gasteiger partial charge in [-0.05, 0) is 67.8 Å². The van der Waals surface area contributed by atoms with Gasteiger partial charge in [0.25, 0.3) is 5.91 Å². The number of hydrogen-bond acceptors (Lipinski definition) is 10. The molecule has 0 spiro atoms. The number of halogens is 2. The number of aryl methyl sites for hydroxylation is 1. The summed E-state index contributed by atoms with van der Waals surface area (Å²) in [6.07, 6.45) is 9.37. The van der Waals surface area contributed by atoms with E-state index in [1.54, 1.807) is 28.8 Å². The lowest BCUT2D eigenvalue weighted by Crippen LogP contribution is -2.54. The number of imidazole rings is 1. The molecule has 15 nitrogen and oxygen atoms in total. The number of hydrogen-bond donors (Lipinski definition) is 4. The van der Waals surface area contributed by atoms with Gasteiger partial charge in [0.05, 0.1) is 38.6 Å². The smallest absolute Gasteiger partial charge is 0.414 e. The molecule has 304 valence electrons. The van der Waals surface area contributed by atoms with Crippen LogP contribution in [0.1, 0.15) is 48.5 Å². The highest BCUT2D eigenvalue weighted by atomic mass is 19.2. The molecule has 2 aliphatic heterocycles. The predicted octanol–water partition coefficient (Wildman–Crippen LogP) is 5.66. The van der Waals surface area contributed by atoms with Crippen LogP contribution in [0, 0.1) is 23.5 Å². The van der Waals surface area contributed by atoms with Gasteiger partial charge in [-0.3, -0.25) is 14.0 Å². The number of likely N-dealkylation sites (tertiary alicyclic amines) is 1. The van der Waals surface area contributed by atoms with Crippen LogP contribution in [-0.4, -0.2) is 110 Å². The van der Waals surface area contributed by atoms with Gasteiger partial charge in [0.2, 0.25) is 11.7 Å². The molecule has 17 heteroatoms. The Bertz CT molecular complexity index is 2280. The van der Waals surface area contributed by atoms with Crippen LogP contribution < -0.4 is 20.7 Å². The number of amides is 3. The van der Waals surface area contributed by atoms with Gasteiger partial charge in [0.15, 0.2) is 23.0 Å². The first kappa shape index (κ1) is 40.1. The first-order valence-electron chi connectivity index (χ1n) is 19.6. The van der Waals surface area contributed by atoms with Crippen LogP contribution in [0.4, 0.5) is 25.1 Å². The molecule has 0 bridgehead atoms. The van der Waals surface area contributed by atoms with Crippen molar-refractivity contribution in [2.24, 2.45) is 11.8 Å². The lowest BCUT2D eigenvalue weighted by molar-refractivity contribution is -0.917. The molecule has 2 aliphatic rings. The molecule has 4 N–H and O–H groups in total. The molecule has 2 fully saturated rings. The summed E-state index contributed by atoms with van der Waals surface area (Å²) >= 11 is 0. The van der Waals surface area contributed by atoms with E-state index in [0.717, 1.165) is 47.7 Å². The van der Waals surface area contributed by atoms with Crippen molar-refractivity contribution < 1.29 is 37.5 Å². The fourth-order valence-corrected chi connectivity index (χ4v) is 7.94. The van der Waals surface area contributed by atoms with Crippen LogP contribution >= 0.6 is 0 Å². The van der Waals surface area contributed by atoms with Crippen molar-refractivity contribution >= 4 is 35.1 Å². The maximum atomic E-state index is 15.4. The summed E-state index contributed by atoms with van der Waals surface area (Å²) in [7, 11) is 2.23. The Kier molecular flexibility index (Phi) is 12.2. The third kappa shape index (κ3) is 8.89. The van der Waals surface area contributed by atoms with Gasteiger partial charge in [-0.25, -0.2) is 34.0 Å². The molecule has 1 atom stereocenters. The third-order valence-corrected chi connectivity index (χ3v) is 11.1. The zero-order chi connectivity index (χ0) is 40.8. The number of rotatable bonds is 14. The van der Waals surface area contributed by atoms with Crippen molar-refractivity contribution in [1.82, 2.24) is 39.9 Å². The van der Waals surface area contributed by atoms with E-state index in [0.29, 0.717) is 47.9 Å². The fourth-order valence-electron chi connectivity index (χ4n) is 7.94. The summed E-state index contributed by atoms with van der Waals surface area (Å²) in [6, 6.07) is 9.34. The summed E-state index contributed by atoms with van der Waals surface area (Å²) < 4.78 is 38.3. The van der Waals surface area contributed by atoms with E-state index in [1.807, 2.05) is 13.0 Å². The van der Waals surface area contributed by atoms with E-state index in [4.69, 9.17) is 4.74 Å². The minimum Gasteiger partial charge on any atom is -0.465 e. The molecule has 0 aliphatic carbocycles. The number of ether oxygens (including phenoxy) is 1. The Balaban J connectivity index is 0.949. The van der Waals surface area contributed by atoms with Gasteiger partial charge < -0.3 is 30.3 Å². The normalized spacial score (nSPS) is 19.2. The second-order valence-electron chi connectivity index (χ2n) is 15.1. The number of anilines is 2. The van der Waals surface area contributed by atoms with E-state index in [-0.39, 0.29) is 60.3 Å². The topological polar surface area (TPSA) is 176 Å². The first-order chi connectivity index (χ1) is 28.0. The molecular formula is C41H47F2N10O5+. The number of carbonyl (C=O) groups excluding carboxylic acids is 2. The number of piperidine rings is 1. The second kappa shape index (κ2) is 17.6. The van der Waals surface area contributed by atoms with Crippen molar-refractivity contribution in [2.75, 3.05) is 58.2 Å². The van der Waals surface area contributed by atoms with Crippen molar-refractivity contribution in [3.05, 3.63) is 90.1 Å². The SMILES string of the molecule is CCc1cc(Nc2nccn3c(-c4ccc(Oc5ncccn5)c(F)c4F)cnc23)ccc1C(=O)NCCCN(C(=O)O)C(=O)C1CC[N+](C)(CC2CCNC2)CC1. The minimum atomic E-state index is -1.27. The van der Waals surface area contributed by atoms with E-state index < -0.39 is 17.7 Å². The van der Waals surface area contributed by atoms with E-state index in [9.17, 15) is 19.5 Å². The Hall–Kier alpha value is -6.07. The number of quaternary nitrogens is 1. The number of aromatic nitrogens is 5. The number of imide groups is 1. The number of carbonyl (C=O) groups is 3. The van der Waals surface area contributed by atoms with Crippen LogP contribution in [0.3, 0.4) is 0 Å². The number of carboxylic acid groups (broad SMARTS) is 1. The first-order valence-corrected chi connectivity index (χ1v) is 19.6. The van der Waals surface area contributed by atoms with E-state index in [2.05, 4.69) is 42.9 Å². The highest BCUT2D eigenvalue weighted by molar-refractivity contribution is 5.96. The molecule has 5 aromatic rings. The summed E-state index contributed by atoms with van der Waals surface area (Å²) in [6.45, 7) is 6.95. The Morgan fingerprint density at radius 2 is 1.83 bits per heavy atom. The van der Waals surface area contributed by atoms with Gasteiger partial charge in [0, 0.05) is 85.9 Å². The van der Waals surface area contributed by atoms with Crippen molar-refractivity contribution in [1.29, 1.82) is 0 Å². The fraction of sp³-hybridized carbons (Fsp3) is 0.390. The van der Waals surface area contributed by atoms with Crippen molar-refractivity contribution in [3.63, 3.8) is 0 Å². The van der Waals surface area contributed by atoms with Gasteiger partial charge in [-0.15, -0.1) is 0 Å². The van der Waals surface area contributed by atoms with Crippen LogP contribution in [0.15, 0.2) is 67.4 Å². The Labute approximate surface area is 334 Å². The standard InChI is InChI=1S/C41H46F2N10O5/c1-3-27-22-29(50-36-37-49-24-32(51(37)19-17-45-36)31-8-9-33(35(43)34(31)42)58-40-47-13-4-14-48-40)6-7-30(27)38(54)46-15-5-18-52(41(56)57)39(55)28-11-20-53(2,21-12-28)25-26-10-16-44-23-26/h4,6-9,13-14,17,19,22,24,26,28,44H,3,5,10-12,15-16,18,20-21,23,25H2,1-2H3,(H2-,45,46,50,54,56,57)/p+1. The molecule has 1 unspecified atom stereocenters. The van der Waals surface area contributed by atoms with Gasteiger partial charge >= 0.3 is 12.1 Å². The van der Waals surface area contributed by atoms with Gasteiger partial charge in [-0.2, -0.15) is 4.39 Å². The van der Waals surface area contributed by atoms with Crippen LogP contribution in [0.2, 0.25) is 0 Å². The predicted molar refractivity (Wildman–Crippen MR) is 211 cm³/mol. The van der Waals surface area contributed by atoms with Gasteiger partial charge in [0.1, 0.15) is 0 Å². The average molecular weight is 798 g/mol. The highest BCUT2D eigenvalue weighted by Gasteiger charge is 2.38. The summed E-state index contributed by atoms with van der Waals surface area (Å²) in [5.74, 6) is -2.72. The van der Waals surface area contributed by atoms with Crippen LogP contribution in [0.5, 0.6) is 11.8 Å². The van der Waals surface area contributed by atoms with Crippen molar-refractivity contribution in [3.8, 4) is 23.0 Å². The maximum Gasteiger partial charge on any atom is 0.414 e. The highest BCUT2D eigenvalue weighted by Crippen LogP contribution is 2.33. The van der Waals surface area contributed by atoms with E-state index in [1.165, 1.54) is 43.3 Å². The van der Waals surface area contributed by atoms with Crippen LogP contribution in [0.25, 0.3) is 16.9 Å². The maximum absolute atomic E-state index is 15.4. The van der Waals surface area contributed by atoms with Crippen LogP contribution in [-0.2, 0) is 11.2 Å². The van der Waals surface area contributed by atoms with Gasteiger partial charge in [-0.1, -0.05) is 6.92 Å². The summed E-state index contributed by atoms with van der Waals surface area (Å²) in [5, 5.41) is 19.4. The average Bonchev–Trinajstić information content (AvgIpc) is 3.90. The zero-order valence-corrected chi connectivity index (χ0v) is 32.5. The number of fused-ring (bicyclic) bond motifs is 1. The zero-order valence-electron chi connectivity index (χ0n) is 32.5. The molecule has 7 rings (SSSR count). The minimum absolute atomic E-state index is 0.00661. The largest absolute Gasteiger partial charge is 0.465 e.